The highest BCUT2D eigenvalue weighted by atomic mass is 19.1. The van der Waals surface area contributed by atoms with E-state index in [1.165, 1.54) is 0 Å². The molecule has 0 bridgehead atoms. The van der Waals surface area contributed by atoms with Gasteiger partial charge in [0.05, 0.1) is 6.61 Å². The van der Waals surface area contributed by atoms with Gasteiger partial charge in [-0.1, -0.05) is 19.3 Å². The lowest BCUT2D eigenvalue weighted by Crippen LogP contribution is -2.65. The third-order valence-corrected chi connectivity index (χ3v) is 3.10. The van der Waals surface area contributed by atoms with Crippen LogP contribution in [0.3, 0.4) is 0 Å². The molecule has 1 saturated heterocycles. The Labute approximate surface area is 75.7 Å². The van der Waals surface area contributed by atoms with Gasteiger partial charge in [0.2, 0.25) is 5.79 Å². The van der Waals surface area contributed by atoms with Crippen molar-refractivity contribution in [2.24, 2.45) is 5.11 Å². The van der Waals surface area contributed by atoms with E-state index in [1.807, 2.05) is 0 Å². The van der Waals surface area contributed by atoms with Gasteiger partial charge in [0, 0.05) is 4.91 Å². The van der Waals surface area contributed by atoms with Crippen molar-refractivity contribution in [2.75, 3.05) is 6.61 Å². The quantitative estimate of drug-likeness (QED) is 0.268. The van der Waals surface area contributed by atoms with Crippen LogP contribution in [0.2, 0.25) is 0 Å². The van der Waals surface area contributed by atoms with E-state index in [-0.39, 0.29) is 6.61 Å². The first-order valence-corrected chi connectivity index (χ1v) is 4.62. The van der Waals surface area contributed by atoms with E-state index < -0.39 is 11.4 Å². The Balaban J connectivity index is 2.18. The van der Waals surface area contributed by atoms with Gasteiger partial charge in [-0.2, -0.15) is 0 Å². The van der Waals surface area contributed by atoms with Crippen molar-refractivity contribution >= 4 is 0 Å². The molecule has 1 saturated carbocycles. The molecule has 13 heavy (non-hydrogen) atoms. The number of alkyl halides is 1. The molecule has 72 valence electrons. The van der Waals surface area contributed by atoms with Crippen molar-refractivity contribution in [3.8, 4) is 0 Å². The van der Waals surface area contributed by atoms with E-state index in [0.29, 0.717) is 12.8 Å². The zero-order chi connectivity index (χ0) is 9.36. The van der Waals surface area contributed by atoms with Crippen molar-refractivity contribution in [3.05, 3.63) is 10.4 Å². The molecular formula is C8H12FN3O. The minimum absolute atomic E-state index is 0.0724. The van der Waals surface area contributed by atoms with Gasteiger partial charge in [-0.25, -0.2) is 4.39 Å². The molecule has 2 rings (SSSR count). The smallest absolute Gasteiger partial charge is 0.240 e. The summed E-state index contributed by atoms with van der Waals surface area (Å²) in [5.41, 5.74) is 7.46. The lowest BCUT2D eigenvalue weighted by Gasteiger charge is -2.53. The van der Waals surface area contributed by atoms with Crippen LogP contribution in [0.15, 0.2) is 5.11 Å². The maximum atomic E-state index is 13.9. The van der Waals surface area contributed by atoms with Gasteiger partial charge >= 0.3 is 0 Å². The number of halogens is 1. The number of hydrogen-bond donors (Lipinski definition) is 0. The Morgan fingerprint density at radius 1 is 1.31 bits per heavy atom. The normalized spacial score (nSPS) is 36.4. The van der Waals surface area contributed by atoms with E-state index >= 15 is 0 Å². The Kier molecular flexibility index (Phi) is 1.93. The summed E-state index contributed by atoms with van der Waals surface area (Å²) in [6, 6.07) is 0. The summed E-state index contributed by atoms with van der Waals surface area (Å²) in [6.45, 7) is -0.0724. The summed E-state index contributed by atoms with van der Waals surface area (Å²) in [7, 11) is 0. The minimum atomic E-state index is -1.78. The maximum absolute atomic E-state index is 13.9. The molecule has 1 heterocycles. The zero-order valence-corrected chi connectivity index (χ0v) is 7.37. The molecule has 5 heteroatoms. The van der Waals surface area contributed by atoms with Crippen LogP contribution in [0.25, 0.3) is 10.4 Å². The third-order valence-electron chi connectivity index (χ3n) is 3.10. The fourth-order valence-corrected chi connectivity index (χ4v) is 2.24. The average molecular weight is 185 g/mol. The second kappa shape index (κ2) is 2.86. The summed E-state index contributed by atoms with van der Waals surface area (Å²) >= 11 is 0. The van der Waals surface area contributed by atoms with E-state index in [9.17, 15) is 4.39 Å². The topological polar surface area (TPSA) is 58.0 Å². The first-order chi connectivity index (χ1) is 6.22. The molecule has 0 amide bonds. The molecule has 2 fully saturated rings. The first kappa shape index (κ1) is 8.78. The predicted molar refractivity (Wildman–Crippen MR) is 44.8 cm³/mol. The van der Waals surface area contributed by atoms with Crippen molar-refractivity contribution in [1.82, 2.24) is 0 Å². The fraction of sp³-hybridized carbons (Fsp3) is 1.00. The molecule has 0 aromatic carbocycles. The molecule has 0 aromatic rings. The molecule has 1 aliphatic carbocycles. The zero-order valence-electron chi connectivity index (χ0n) is 7.37. The number of nitrogens with zero attached hydrogens (tertiary/aromatic N) is 3. The Morgan fingerprint density at radius 2 is 2.00 bits per heavy atom. The van der Waals surface area contributed by atoms with Crippen LogP contribution >= 0.6 is 0 Å². The average Bonchev–Trinajstić information content (AvgIpc) is 2.18. The van der Waals surface area contributed by atoms with Gasteiger partial charge < -0.3 is 4.74 Å². The Morgan fingerprint density at radius 3 is 2.46 bits per heavy atom. The van der Waals surface area contributed by atoms with E-state index in [0.717, 1.165) is 19.3 Å². The molecule has 1 aliphatic heterocycles. The highest BCUT2D eigenvalue weighted by molar-refractivity contribution is 5.08. The molecule has 0 radical (unpaired) electrons. The van der Waals surface area contributed by atoms with Crippen LogP contribution in [0.5, 0.6) is 0 Å². The van der Waals surface area contributed by atoms with Crippen molar-refractivity contribution < 1.29 is 9.13 Å². The highest BCUT2D eigenvalue weighted by Crippen LogP contribution is 2.50. The van der Waals surface area contributed by atoms with E-state index in [2.05, 4.69) is 10.0 Å². The molecule has 0 unspecified atom stereocenters. The molecule has 0 N–H and O–H groups in total. The van der Waals surface area contributed by atoms with Crippen LogP contribution in [0.1, 0.15) is 32.1 Å². The summed E-state index contributed by atoms with van der Waals surface area (Å²) in [4.78, 5) is 2.55. The van der Waals surface area contributed by atoms with Gasteiger partial charge in [0.15, 0.2) is 0 Å². The molecule has 0 aromatic heterocycles. The van der Waals surface area contributed by atoms with Gasteiger partial charge in [-0.15, -0.1) is 0 Å². The molecule has 2 aliphatic rings. The van der Waals surface area contributed by atoms with Crippen LogP contribution in [0.4, 0.5) is 4.39 Å². The largest absolute Gasteiger partial charge is 0.368 e. The maximum Gasteiger partial charge on any atom is 0.240 e. The number of ether oxygens (including phenoxy) is 1. The Hall–Kier alpha value is -0.800. The summed E-state index contributed by atoms with van der Waals surface area (Å²) < 4.78 is 19.2. The van der Waals surface area contributed by atoms with Crippen LogP contribution in [0, 0.1) is 0 Å². The monoisotopic (exact) mass is 185 g/mol. The van der Waals surface area contributed by atoms with Crippen LogP contribution in [-0.4, -0.2) is 18.0 Å². The van der Waals surface area contributed by atoms with Gasteiger partial charge in [0.25, 0.3) is 0 Å². The standard InChI is InChI=1S/C8H12FN3O/c9-8(11-12-10)6-13-7(8)4-2-1-3-5-7/h1-6H2/t8-/m0/s1. The summed E-state index contributed by atoms with van der Waals surface area (Å²) in [6.07, 6.45) is 4.42. The fourth-order valence-electron chi connectivity index (χ4n) is 2.24. The number of rotatable bonds is 1. The van der Waals surface area contributed by atoms with Crippen molar-refractivity contribution in [1.29, 1.82) is 0 Å². The van der Waals surface area contributed by atoms with Gasteiger partial charge in [-0.05, 0) is 23.5 Å². The van der Waals surface area contributed by atoms with E-state index in [4.69, 9.17) is 10.3 Å². The first-order valence-electron chi connectivity index (χ1n) is 4.62. The third kappa shape index (κ3) is 1.11. The second-order valence-electron chi connectivity index (χ2n) is 3.79. The minimum Gasteiger partial charge on any atom is -0.368 e. The Bertz CT molecular complexity index is 258. The molecule has 1 atom stereocenters. The van der Waals surface area contributed by atoms with Crippen LogP contribution < -0.4 is 0 Å². The predicted octanol–water partition coefficient (Wildman–Crippen LogP) is 2.70. The lowest BCUT2D eigenvalue weighted by molar-refractivity contribution is -0.281. The van der Waals surface area contributed by atoms with Crippen LogP contribution in [-0.2, 0) is 4.74 Å². The van der Waals surface area contributed by atoms with Crippen molar-refractivity contribution in [2.45, 2.75) is 43.5 Å². The summed E-state index contributed by atoms with van der Waals surface area (Å²) in [5.74, 6) is -1.78. The highest BCUT2D eigenvalue weighted by Gasteiger charge is 2.61. The number of hydrogen-bond acceptors (Lipinski definition) is 2. The summed E-state index contributed by atoms with van der Waals surface area (Å²) in [5, 5.41) is 3.23. The second-order valence-corrected chi connectivity index (χ2v) is 3.79. The van der Waals surface area contributed by atoms with E-state index in [1.54, 1.807) is 0 Å². The van der Waals surface area contributed by atoms with Crippen molar-refractivity contribution in [3.63, 3.8) is 0 Å². The number of azide groups is 1. The molecular weight excluding hydrogens is 173 g/mol. The molecule has 4 nitrogen and oxygen atoms in total. The lowest BCUT2D eigenvalue weighted by atomic mass is 9.74. The van der Waals surface area contributed by atoms with Gasteiger partial charge in [0.1, 0.15) is 5.60 Å². The van der Waals surface area contributed by atoms with Gasteiger partial charge in [-0.3, -0.25) is 0 Å². The SMILES string of the molecule is [N-]=[N+]=N[C@@]1(F)COC12CCCCC2. The molecule has 1 spiro atoms.